The maximum atomic E-state index is 11.6. The molecule has 8 nitrogen and oxygen atoms in total. The normalized spacial score (nSPS) is 35.0. The van der Waals surface area contributed by atoms with E-state index in [9.17, 15) is 30.0 Å². The Labute approximate surface area is 128 Å². The van der Waals surface area contributed by atoms with E-state index in [1.165, 1.54) is 0 Å². The summed E-state index contributed by atoms with van der Waals surface area (Å²) in [5.74, 6) is -1.31. The van der Waals surface area contributed by atoms with Gasteiger partial charge in [-0.25, -0.2) is 0 Å². The standard InChI is InChI=1S/C14H24O8/c1-3-5-7(15)21-13-11(19)9(17)10(18)12(20)14(13)22-8(16)6-4-2/h9-14,17-20H,3-6H2,1-2H3/t9-,10-,11+,12+,13-,14-/m0/s1. The molecule has 128 valence electrons. The number of rotatable bonds is 6. The first-order valence-electron chi connectivity index (χ1n) is 7.44. The number of carbonyl (C=O) groups excluding carboxylic acids is 2. The van der Waals surface area contributed by atoms with Gasteiger partial charge in [0.25, 0.3) is 0 Å². The summed E-state index contributed by atoms with van der Waals surface area (Å²) in [6, 6.07) is 0. The van der Waals surface area contributed by atoms with Crippen molar-refractivity contribution in [3.05, 3.63) is 0 Å². The fourth-order valence-corrected chi connectivity index (χ4v) is 2.28. The van der Waals surface area contributed by atoms with Crippen LogP contribution in [0.15, 0.2) is 0 Å². The predicted octanol–water partition coefficient (Wildman–Crippen LogP) is -1.13. The van der Waals surface area contributed by atoms with Crippen LogP contribution in [0.3, 0.4) is 0 Å². The molecule has 0 unspecified atom stereocenters. The van der Waals surface area contributed by atoms with Crippen molar-refractivity contribution in [2.24, 2.45) is 0 Å². The molecule has 6 atom stereocenters. The highest BCUT2D eigenvalue weighted by Gasteiger charge is 2.52. The molecule has 0 heterocycles. The second-order valence-corrected chi connectivity index (χ2v) is 5.37. The topological polar surface area (TPSA) is 134 Å². The zero-order valence-corrected chi connectivity index (χ0v) is 12.7. The monoisotopic (exact) mass is 320 g/mol. The Morgan fingerprint density at radius 1 is 0.727 bits per heavy atom. The minimum Gasteiger partial charge on any atom is -0.455 e. The lowest BCUT2D eigenvalue weighted by Gasteiger charge is -2.42. The molecule has 0 aromatic heterocycles. The number of hydrogen-bond donors (Lipinski definition) is 4. The Hall–Kier alpha value is -1.22. The van der Waals surface area contributed by atoms with Gasteiger partial charge >= 0.3 is 11.9 Å². The number of aliphatic hydroxyl groups excluding tert-OH is 4. The van der Waals surface area contributed by atoms with Crippen molar-refractivity contribution in [2.75, 3.05) is 0 Å². The van der Waals surface area contributed by atoms with E-state index in [0.717, 1.165) is 0 Å². The SMILES string of the molecule is CCCC(=O)O[C@H]1[C@H](O)[C@@H](O)[C@H](O)[C@@H](O)[C@@H]1OC(=O)CCC. The quantitative estimate of drug-likeness (QED) is 0.452. The molecule has 1 saturated carbocycles. The van der Waals surface area contributed by atoms with Crippen molar-refractivity contribution in [3.63, 3.8) is 0 Å². The van der Waals surface area contributed by atoms with Gasteiger partial charge in [-0.2, -0.15) is 0 Å². The van der Waals surface area contributed by atoms with Crippen molar-refractivity contribution < 1.29 is 39.5 Å². The lowest BCUT2D eigenvalue weighted by atomic mass is 9.84. The van der Waals surface area contributed by atoms with Gasteiger partial charge in [0, 0.05) is 12.8 Å². The molecule has 1 aliphatic rings. The summed E-state index contributed by atoms with van der Waals surface area (Å²) in [5, 5.41) is 39.3. The molecule has 0 aliphatic heterocycles. The fourth-order valence-electron chi connectivity index (χ4n) is 2.28. The lowest BCUT2D eigenvalue weighted by molar-refractivity contribution is -0.241. The van der Waals surface area contributed by atoms with Crippen LogP contribution < -0.4 is 0 Å². The Bertz CT molecular complexity index is 349. The van der Waals surface area contributed by atoms with Crippen molar-refractivity contribution in [1.82, 2.24) is 0 Å². The van der Waals surface area contributed by atoms with E-state index in [2.05, 4.69) is 0 Å². The summed E-state index contributed by atoms with van der Waals surface area (Å²) in [6.45, 7) is 3.51. The highest BCUT2D eigenvalue weighted by molar-refractivity contribution is 5.70. The van der Waals surface area contributed by atoms with Gasteiger partial charge in [0.2, 0.25) is 0 Å². The van der Waals surface area contributed by atoms with Gasteiger partial charge in [-0.3, -0.25) is 9.59 Å². The minimum absolute atomic E-state index is 0.0770. The molecule has 1 fully saturated rings. The van der Waals surface area contributed by atoms with Gasteiger partial charge in [0.1, 0.15) is 24.4 Å². The lowest BCUT2D eigenvalue weighted by Crippen LogP contribution is -2.65. The minimum atomic E-state index is -1.71. The molecule has 1 rings (SSSR count). The van der Waals surface area contributed by atoms with Gasteiger partial charge in [-0.1, -0.05) is 13.8 Å². The molecule has 0 spiro atoms. The van der Waals surface area contributed by atoms with E-state index in [1.54, 1.807) is 13.8 Å². The molecule has 0 aromatic carbocycles. The van der Waals surface area contributed by atoms with E-state index in [1.807, 2.05) is 0 Å². The number of carbonyl (C=O) groups is 2. The number of ether oxygens (including phenoxy) is 2. The second-order valence-electron chi connectivity index (χ2n) is 5.37. The maximum Gasteiger partial charge on any atom is 0.306 e. The molecule has 1 aliphatic carbocycles. The fraction of sp³-hybridized carbons (Fsp3) is 0.857. The van der Waals surface area contributed by atoms with Gasteiger partial charge in [0.05, 0.1) is 0 Å². The average Bonchev–Trinajstić information content (AvgIpc) is 2.47. The first-order valence-corrected chi connectivity index (χ1v) is 7.44. The molecular formula is C14H24O8. The zero-order valence-electron chi connectivity index (χ0n) is 12.7. The molecule has 0 saturated heterocycles. The molecular weight excluding hydrogens is 296 g/mol. The van der Waals surface area contributed by atoms with Gasteiger partial charge in [-0.05, 0) is 12.8 Å². The van der Waals surface area contributed by atoms with Crippen LogP contribution in [0.1, 0.15) is 39.5 Å². The van der Waals surface area contributed by atoms with Gasteiger partial charge in [0.15, 0.2) is 12.2 Å². The van der Waals surface area contributed by atoms with E-state index in [4.69, 9.17) is 9.47 Å². The largest absolute Gasteiger partial charge is 0.455 e. The highest BCUT2D eigenvalue weighted by atomic mass is 16.6. The third kappa shape index (κ3) is 4.39. The molecule has 22 heavy (non-hydrogen) atoms. The first-order chi connectivity index (χ1) is 10.3. The summed E-state index contributed by atoms with van der Waals surface area (Å²) >= 11 is 0. The first kappa shape index (κ1) is 18.8. The van der Waals surface area contributed by atoms with E-state index in [-0.39, 0.29) is 12.8 Å². The van der Waals surface area contributed by atoms with E-state index < -0.39 is 48.6 Å². The summed E-state index contributed by atoms with van der Waals surface area (Å²) in [4.78, 5) is 23.2. The number of hydrogen-bond acceptors (Lipinski definition) is 8. The summed E-state index contributed by atoms with van der Waals surface area (Å²) in [6.07, 6.45) is -8.46. The van der Waals surface area contributed by atoms with Crippen molar-refractivity contribution >= 4 is 11.9 Å². The maximum absolute atomic E-state index is 11.6. The zero-order chi connectivity index (χ0) is 16.9. The molecule has 0 amide bonds. The third-order valence-corrected chi connectivity index (χ3v) is 3.49. The number of esters is 2. The summed E-state index contributed by atoms with van der Waals surface area (Å²) in [5.41, 5.74) is 0. The van der Waals surface area contributed by atoms with E-state index >= 15 is 0 Å². The third-order valence-electron chi connectivity index (χ3n) is 3.49. The average molecular weight is 320 g/mol. The second kappa shape index (κ2) is 8.42. The van der Waals surface area contributed by atoms with Crippen LogP contribution in [0.25, 0.3) is 0 Å². The van der Waals surface area contributed by atoms with E-state index in [0.29, 0.717) is 12.8 Å². The Morgan fingerprint density at radius 3 is 1.32 bits per heavy atom. The van der Waals surface area contributed by atoms with Gasteiger partial charge in [-0.15, -0.1) is 0 Å². The van der Waals surface area contributed by atoms with Crippen molar-refractivity contribution in [3.8, 4) is 0 Å². The van der Waals surface area contributed by atoms with Crippen LogP contribution in [-0.4, -0.2) is 69.0 Å². The molecule has 4 N–H and O–H groups in total. The van der Waals surface area contributed by atoms with Crippen LogP contribution >= 0.6 is 0 Å². The molecule has 8 heteroatoms. The van der Waals surface area contributed by atoms with Crippen LogP contribution in [-0.2, 0) is 19.1 Å². The molecule has 0 aromatic rings. The van der Waals surface area contributed by atoms with Crippen molar-refractivity contribution in [2.45, 2.75) is 76.2 Å². The Morgan fingerprint density at radius 2 is 1.05 bits per heavy atom. The summed E-state index contributed by atoms with van der Waals surface area (Å²) < 4.78 is 10.1. The predicted molar refractivity (Wildman–Crippen MR) is 73.6 cm³/mol. The Balaban J connectivity index is 2.91. The number of aliphatic hydroxyl groups is 4. The highest BCUT2D eigenvalue weighted by Crippen LogP contribution is 2.27. The van der Waals surface area contributed by atoms with Crippen molar-refractivity contribution in [1.29, 1.82) is 0 Å². The molecule has 0 bridgehead atoms. The van der Waals surface area contributed by atoms with Crippen LogP contribution in [0.2, 0.25) is 0 Å². The summed E-state index contributed by atoms with van der Waals surface area (Å²) in [7, 11) is 0. The smallest absolute Gasteiger partial charge is 0.306 e. The van der Waals surface area contributed by atoms with Crippen LogP contribution in [0, 0.1) is 0 Å². The van der Waals surface area contributed by atoms with Crippen LogP contribution in [0.4, 0.5) is 0 Å². The van der Waals surface area contributed by atoms with Crippen LogP contribution in [0.5, 0.6) is 0 Å². The molecule has 0 radical (unpaired) electrons. The van der Waals surface area contributed by atoms with Gasteiger partial charge < -0.3 is 29.9 Å². The Kier molecular flexibility index (Phi) is 7.21.